The molecule has 3 heterocycles. The van der Waals surface area contributed by atoms with Crippen molar-refractivity contribution < 1.29 is 4.79 Å². The van der Waals surface area contributed by atoms with Gasteiger partial charge in [0.25, 0.3) is 0 Å². The predicted octanol–water partition coefficient (Wildman–Crippen LogP) is 2.08. The van der Waals surface area contributed by atoms with E-state index in [1.807, 2.05) is 32.6 Å². The summed E-state index contributed by atoms with van der Waals surface area (Å²) < 4.78 is 0. The summed E-state index contributed by atoms with van der Waals surface area (Å²) in [4.78, 5) is 28.3. The lowest BCUT2D eigenvalue weighted by Gasteiger charge is -2.38. The van der Waals surface area contributed by atoms with Gasteiger partial charge in [0.05, 0.1) is 0 Å². The Morgan fingerprint density at radius 1 is 0.917 bits per heavy atom. The summed E-state index contributed by atoms with van der Waals surface area (Å²) in [6, 6.07) is 2.11. The van der Waals surface area contributed by atoms with Gasteiger partial charge in [-0.3, -0.25) is 4.79 Å². The van der Waals surface area contributed by atoms with Gasteiger partial charge in [-0.2, -0.15) is 0 Å². The first-order valence-electron chi connectivity index (χ1n) is 8.99. The van der Waals surface area contributed by atoms with E-state index in [1.165, 1.54) is 12.8 Å². The molecule has 1 amide bonds. The van der Waals surface area contributed by atoms with Crippen molar-refractivity contribution in [2.45, 2.75) is 40.5 Å². The molecule has 0 bridgehead atoms. The summed E-state index contributed by atoms with van der Waals surface area (Å²) in [6.45, 7) is 13.3. The molecule has 24 heavy (non-hydrogen) atoms. The molecule has 2 fully saturated rings. The predicted molar refractivity (Wildman–Crippen MR) is 96.5 cm³/mol. The Morgan fingerprint density at radius 2 is 1.42 bits per heavy atom. The van der Waals surface area contributed by atoms with Crippen LogP contribution < -0.4 is 9.80 Å². The average Bonchev–Trinajstić information content (AvgIpc) is 3.07. The molecule has 6 nitrogen and oxygen atoms in total. The zero-order valence-corrected chi connectivity index (χ0v) is 15.4. The standard InChI is InChI=1S/C18H29N5O/c1-14-19-15(21-7-5-6-8-21)13-16(20-14)22-9-11-23(12-10-22)17(24)18(2,3)4/h13H,5-12H2,1-4H3. The second-order valence-corrected chi connectivity index (χ2v) is 7.85. The molecule has 6 heteroatoms. The van der Waals surface area contributed by atoms with Crippen molar-refractivity contribution in [2.24, 2.45) is 5.41 Å². The van der Waals surface area contributed by atoms with Gasteiger partial charge >= 0.3 is 0 Å². The molecule has 0 unspecified atom stereocenters. The molecule has 0 spiro atoms. The SMILES string of the molecule is Cc1nc(N2CCCC2)cc(N2CCN(C(=O)C(C)(C)C)CC2)n1. The molecule has 0 N–H and O–H groups in total. The number of aryl methyl sites for hydroxylation is 1. The lowest BCUT2D eigenvalue weighted by Crippen LogP contribution is -2.52. The fourth-order valence-electron chi connectivity index (χ4n) is 3.42. The minimum atomic E-state index is -0.309. The van der Waals surface area contributed by atoms with Crippen molar-refractivity contribution >= 4 is 17.5 Å². The van der Waals surface area contributed by atoms with E-state index in [-0.39, 0.29) is 11.3 Å². The maximum absolute atomic E-state index is 12.4. The molecule has 2 aliphatic rings. The summed E-state index contributed by atoms with van der Waals surface area (Å²) in [5.41, 5.74) is -0.309. The van der Waals surface area contributed by atoms with Gasteiger partial charge in [-0.15, -0.1) is 0 Å². The maximum Gasteiger partial charge on any atom is 0.228 e. The van der Waals surface area contributed by atoms with Crippen molar-refractivity contribution in [1.82, 2.24) is 14.9 Å². The van der Waals surface area contributed by atoms with Gasteiger partial charge in [-0.1, -0.05) is 20.8 Å². The van der Waals surface area contributed by atoms with E-state index in [2.05, 4.69) is 25.8 Å². The first-order valence-corrected chi connectivity index (χ1v) is 8.99. The molecule has 0 aromatic carbocycles. The number of carbonyl (C=O) groups excluding carboxylic acids is 1. The smallest absolute Gasteiger partial charge is 0.228 e. The van der Waals surface area contributed by atoms with Crippen molar-refractivity contribution in [1.29, 1.82) is 0 Å². The summed E-state index contributed by atoms with van der Waals surface area (Å²) in [5.74, 6) is 3.09. The molecule has 1 aromatic heterocycles. The number of aromatic nitrogens is 2. The number of hydrogen-bond acceptors (Lipinski definition) is 5. The van der Waals surface area contributed by atoms with Crippen LogP contribution in [0.2, 0.25) is 0 Å². The lowest BCUT2D eigenvalue weighted by atomic mass is 9.94. The normalized spacial score (nSPS) is 19.1. The van der Waals surface area contributed by atoms with Crippen LogP contribution in [-0.2, 0) is 4.79 Å². The van der Waals surface area contributed by atoms with Crippen molar-refractivity contribution in [3.63, 3.8) is 0 Å². The molecule has 0 atom stereocenters. The van der Waals surface area contributed by atoms with E-state index < -0.39 is 0 Å². The first kappa shape index (κ1) is 17.0. The molecular weight excluding hydrogens is 302 g/mol. The van der Waals surface area contributed by atoms with Gasteiger partial charge in [0.15, 0.2) is 0 Å². The van der Waals surface area contributed by atoms with Crippen LogP contribution in [0, 0.1) is 12.3 Å². The first-order chi connectivity index (χ1) is 11.3. The highest BCUT2D eigenvalue weighted by molar-refractivity contribution is 5.81. The molecule has 2 saturated heterocycles. The van der Waals surface area contributed by atoms with E-state index in [1.54, 1.807) is 0 Å². The molecule has 2 aliphatic heterocycles. The number of rotatable bonds is 2. The van der Waals surface area contributed by atoms with E-state index >= 15 is 0 Å². The molecule has 1 aromatic rings. The highest BCUT2D eigenvalue weighted by Gasteiger charge is 2.30. The number of anilines is 2. The Balaban J connectivity index is 1.69. The topological polar surface area (TPSA) is 52.6 Å². The van der Waals surface area contributed by atoms with Gasteiger partial charge in [-0.25, -0.2) is 9.97 Å². The quantitative estimate of drug-likeness (QED) is 0.830. The Hall–Kier alpha value is -1.85. The molecule has 0 saturated carbocycles. The molecule has 3 rings (SSSR count). The van der Waals surface area contributed by atoms with Crippen molar-refractivity contribution in [3.05, 3.63) is 11.9 Å². The Labute approximate surface area is 144 Å². The van der Waals surface area contributed by atoms with Crippen molar-refractivity contribution in [2.75, 3.05) is 49.1 Å². The maximum atomic E-state index is 12.4. The summed E-state index contributed by atoms with van der Waals surface area (Å²) >= 11 is 0. The molecule has 0 radical (unpaired) electrons. The Bertz CT molecular complexity index is 596. The fourth-order valence-corrected chi connectivity index (χ4v) is 3.42. The van der Waals surface area contributed by atoms with E-state index in [9.17, 15) is 4.79 Å². The van der Waals surface area contributed by atoms with Crippen LogP contribution in [0.4, 0.5) is 11.6 Å². The molecule has 0 aliphatic carbocycles. The van der Waals surface area contributed by atoms with Gasteiger partial charge in [0.2, 0.25) is 5.91 Å². The fraction of sp³-hybridized carbons (Fsp3) is 0.722. The summed E-state index contributed by atoms with van der Waals surface area (Å²) in [5, 5.41) is 0. The van der Waals surface area contributed by atoms with Crippen LogP contribution in [0.15, 0.2) is 6.07 Å². The number of nitrogens with zero attached hydrogens (tertiary/aromatic N) is 5. The van der Waals surface area contributed by atoms with Gasteiger partial charge in [0, 0.05) is 50.7 Å². The largest absolute Gasteiger partial charge is 0.356 e. The minimum Gasteiger partial charge on any atom is -0.356 e. The highest BCUT2D eigenvalue weighted by atomic mass is 16.2. The van der Waals surface area contributed by atoms with Crippen LogP contribution in [0.1, 0.15) is 39.4 Å². The number of carbonyl (C=O) groups is 1. The zero-order chi connectivity index (χ0) is 17.3. The van der Waals surface area contributed by atoms with Crippen LogP contribution >= 0.6 is 0 Å². The van der Waals surface area contributed by atoms with Gasteiger partial charge < -0.3 is 14.7 Å². The van der Waals surface area contributed by atoms with Crippen LogP contribution in [-0.4, -0.2) is 60.0 Å². The molecular formula is C18H29N5O. The van der Waals surface area contributed by atoms with Crippen LogP contribution in [0.5, 0.6) is 0 Å². The monoisotopic (exact) mass is 331 g/mol. The van der Waals surface area contributed by atoms with Gasteiger partial charge in [-0.05, 0) is 19.8 Å². The minimum absolute atomic E-state index is 0.235. The van der Waals surface area contributed by atoms with Crippen LogP contribution in [0.25, 0.3) is 0 Å². The zero-order valence-electron chi connectivity index (χ0n) is 15.4. The highest BCUT2D eigenvalue weighted by Crippen LogP contribution is 2.24. The third-order valence-corrected chi connectivity index (χ3v) is 4.77. The number of amides is 1. The Morgan fingerprint density at radius 3 is 1.92 bits per heavy atom. The van der Waals surface area contributed by atoms with Crippen molar-refractivity contribution in [3.8, 4) is 0 Å². The van der Waals surface area contributed by atoms with E-state index in [4.69, 9.17) is 0 Å². The summed E-state index contributed by atoms with van der Waals surface area (Å²) in [7, 11) is 0. The second-order valence-electron chi connectivity index (χ2n) is 7.85. The molecule has 132 valence electrons. The van der Waals surface area contributed by atoms with E-state index in [0.29, 0.717) is 0 Å². The second kappa shape index (κ2) is 6.57. The van der Waals surface area contributed by atoms with Crippen LogP contribution in [0.3, 0.4) is 0 Å². The Kier molecular flexibility index (Phi) is 4.65. The van der Waals surface area contributed by atoms with Gasteiger partial charge in [0.1, 0.15) is 17.5 Å². The number of piperazine rings is 1. The number of hydrogen-bond donors (Lipinski definition) is 0. The lowest BCUT2D eigenvalue weighted by molar-refractivity contribution is -0.139. The summed E-state index contributed by atoms with van der Waals surface area (Å²) in [6.07, 6.45) is 2.48. The third kappa shape index (κ3) is 3.62. The average molecular weight is 331 g/mol. The van der Waals surface area contributed by atoms with E-state index in [0.717, 1.165) is 56.7 Å². The third-order valence-electron chi connectivity index (χ3n) is 4.77.